The molecule has 0 aliphatic heterocycles. The van der Waals surface area contributed by atoms with Gasteiger partial charge in [-0.25, -0.2) is 0 Å². The van der Waals surface area contributed by atoms with Crippen molar-refractivity contribution in [3.05, 3.63) is 23.3 Å². The Balaban J connectivity index is 2.08. The van der Waals surface area contributed by atoms with Gasteiger partial charge in [0.2, 0.25) is 0 Å². The topological polar surface area (TPSA) is 67.8 Å². The molecule has 0 bridgehead atoms. The Bertz CT molecular complexity index is 472. The molecule has 1 atom stereocenters. The van der Waals surface area contributed by atoms with Gasteiger partial charge < -0.3 is 19.9 Å². The molecule has 1 saturated carbocycles. The minimum atomic E-state index is -0.451. The van der Waals surface area contributed by atoms with Gasteiger partial charge in [-0.2, -0.15) is 0 Å². The van der Waals surface area contributed by atoms with E-state index >= 15 is 0 Å². The highest BCUT2D eigenvalue weighted by Gasteiger charge is 2.29. The van der Waals surface area contributed by atoms with E-state index in [4.69, 9.17) is 9.47 Å². The Labute approximate surface area is 118 Å². The van der Waals surface area contributed by atoms with Crippen LogP contribution in [0.2, 0.25) is 0 Å². The Morgan fingerprint density at radius 1 is 1.35 bits per heavy atom. The molecule has 0 aromatic heterocycles. The van der Waals surface area contributed by atoms with Crippen molar-refractivity contribution in [3.8, 4) is 11.5 Å². The predicted molar refractivity (Wildman–Crippen MR) is 75.3 cm³/mol. The van der Waals surface area contributed by atoms with Crippen molar-refractivity contribution < 1.29 is 19.4 Å². The first-order valence-electron chi connectivity index (χ1n) is 6.75. The fraction of sp³-hybridized carbons (Fsp3) is 0.533. The fourth-order valence-corrected chi connectivity index (χ4v) is 2.16. The minimum Gasteiger partial charge on any atom is -0.496 e. The molecule has 0 saturated heterocycles. The number of hydrogen-bond donors (Lipinski definition) is 2. The van der Waals surface area contributed by atoms with Gasteiger partial charge in [0.05, 0.1) is 20.3 Å². The lowest BCUT2D eigenvalue weighted by atomic mass is 10.1. The van der Waals surface area contributed by atoms with Crippen LogP contribution in [0, 0.1) is 12.8 Å². The molecule has 0 heterocycles. The molecule has 1 fully saturated rings. The van der Waals surface area contributed by atoms with E-state index in [1.165, 1.54) is 0 Å². The van der Waals surface area contributed by atoms with E-state index in [2.05, 4.69) is 5.32 Å². The molecule has 5 nitrogen and oxygen atoms in total. The lowest BCUT2D eigenvalue weighted by molar-refractivity contribution is 0.0900. The molecule has 0 radical (unpaired) electrons. The third-order valence-corrected chi connectivity index (χ3v) is 3.65. The number of nitrogens with one attached hydrogen (secondary N) is 1. The van der Waals surface area contributed by atoms with Crippen LogP contribution >= 0.6 is 0 Å². The van der Waals surface area contributed by atoms with E-state index in [-0.39, 0.29) is 12.5 Å². The van der Waals surface area contributed by atoms with E-state index in [1.54, 1.807) is 26.4 Å². The molecule has 20 heavy (non-hydrogen) atoms. The summed E-state index contributed by atoms with van der Waals surface area (Å²) in [7, 11) is 3.11. The quantitative estimate of drug-likeness (QED) is 0.828. The Kier molecular flexibility index (Phi) is 4.49. The lowest BCUT2D eigenvalue weighted by Crippen LogP contribution is -2.33. The van der Waals surface area contributed by atoms with Gasteiger partial charge in [0.25, 0.3) is 5.91 Å². The first-order valence-corrected chi connectivity index (χ1v) is 6.75. The Hall–Kier alpha value is -1.75. The highest BCUT2D eigenvalue weighted by molar-refractivity contribution is 5.95. The minimum absolute atomic E-state index is 0.235. The lowest BCUT2D eigenvalue weighted by Gasteiger charge is -2.14. The average Bonchev–Trinajstić information content (AvgIpc) is 3.29. The van der Waals surface area contributed by atoms with Crippen LogP contribution in [0.3, 0.4) is 0 Å². The monoisotopic (exact) mass is 279 g/mol. The van der Waals surface area contributed by atoms with Crippen LogP contribution in [-0.2, 0) is 0 Å². The third-order valence-electron chi connectivity index (χ3n) is 3.65. The predicted octanol–water partition coefficient (Wildman–Crippen LogP) is 1.51. The standard InChI is InChI=1S/C15H21NO4/c1-9-13(19-2)6-11(7-14(9)20-3)15(18)16-8-12(17)10-4-5-10/h6-7,10,12,17H,4-5,8H2,1-3H3,(H,16,18). The zero-order chi connectivity index (χ0) is 14.7. The maximum Gasteiger partial charge on any atom is 0.251 e. The van der Waals surface area contributed by atoms with Crippen LogP contribution in [0.4, 0.5) is 0 Å². The third kappa shape index (κ3) is 3.22. The average molecular weight is 279 g/mol. The molecule has 2 N–H and O–H groups in total. The van der Waals surface area contributed by atoms with E-state index < -0.39 is 6.10 Å². The summed E-state index contributed by atoms with van der Waals surface area (Å²) in [6, 6.07) is 3.35. The molecule has 1 aliphatic carbocycles. The maximum atomic E-state index is 12.1. The van der Waals surface area contributed by atoms with Gasteiger partial charge in [0.1, 0.15) is 11.5 Å². The molecule has 1 aromatic rings. The first-order chi connectivity index (χ1) is 9.56. The number of amides is 1. The highest BCUT2D eigenvalue weighted by Crippen LogP contribution is 2.32. The zero-order valence-corrected chi connectivity index (χ0v) is 12.1. The van der Waals surface area contributed by atoms with Crippen molar-refractivity contribution in [1.82, 2.24) is 5.32 Å². The van der Waals surface area contributed by atoms with Crippen molar-refractivity contribution in [3.63, 3.8) is 0 Å². The van der Waals surface area contributed by atoms with E-state index in [0.29, 0.717) is 23.0 Å². The molecule has 5 heteroatoms. The number of carbonyl (C=O) groups is 1. The summed E-state index contributed by atoms with van der Waals surface area (Å²) in [6.07, 6.45) is 1.64. The Morgan fingerprint density at radius 2 is 1.90 bits per heavy atom. The summed E-state index contributed by atoms with van der Waals surface area (Å²) >= 11 is 0. The van der Waals surface area contributed by atoms with Crippen molar-refractivity contribution in [2.75, 3.05) is 20.8 Å². The van der Waals surface area contributed by atoms with Gasteiger partial charge >= 0.3 is 0 Å². The van der Waals surface area contributed by atoms with Gasteiger partial charge in [-0.15, -0.1) is 0 Å². The summed E-state index contributed by atoms with van der Waals surface area (Å²) in [6.45, 7) is 2.15. The van der Waals surface area contributed by atoms with Crippen LogP contribution in [0.1, 0.15) is 28.8 Å². The second-order valence-electron chi connectivity index (χ2n) is 5.12. The fourth-order valence-electron chi connectivity index (χ4n) is 2.16. The second-order valence-corrected chi connectivity index (χ2v) is 5.12. The van der Waals surface area contributed by atoms with Gasteiger partial charge in [-0.05, 0) is 37.8 Å². The summed E-state index contributed by atoms with van der Waals surface area (Å²) in [4.78, 5) is 12.1. The summed E-state index contributed by atoms with van der Waals surface area (Å²) < 4.78 is 10.5. The number of aliphatic hydroxyl groups is 1. The van der Waals surface area contributed by atoms with E-state index in [9.17, 15) is 9.90 Å². The van der Waals surface area contributed by atoms with E-state index in [1.807, 2.05) is 6.92 Å². The Morgan fingerprint density at radius 3 is 2.35 bits per heavy atom. The number of ether oxygens (including phenoxy) is 2. The highest BCUT2D eigenvalue weighted by atomic mass is 16.5. The number of carbonyl (C=O) groups excluding carboxylic acids is 1. The molecular weight excluding hydrogens is 258 g/mol. The van der Waals surface area contributed by atoms with Crippen LogP contribution in [0.5, 0.6) is 11.5 Å². The summed E-state index contributed by atoms with van der Waals surface area (Å²) in [5.74, 6) is 1.33. The number of hydrogen-bond acceptors (Lipinski definition) is 4. The van der Waals surface area contributed by atoms with Crippen molar-refractivity contribution >= 4 is 5.91 Å². The van der Waals surface area contributed by atoms with E-state index in [0.717, 1.165) is 18.4 Å². The maximum absolute atomic E-state index is 12.1. The van der Waals surface area contributed by atoms with Crippen LogP contribution < -0.4 is 14.8 Å². The number of aliphatic hydroxyl groups excluding tert-OH is 1. The van der Waals surface area contributed by atoms with Gasteiger partial charge in [-0.3, -0.25) is 4.79 Å². The number of benzene rings is 1. The molecule has 1 amide bonds. The van der Waals surface area contributed by atoms with Crippen molar-refractivity contribution in [2.45, 2.75) is 25.9 Å². The molecule has 1 aromatic carbocycles. The second kappa shape index (κ2) is 6.13. The van der Waals surface area contributed by atoms with Crippen molar-refractivity contribution in [1.29, 1.82) is 0 Å². The molecule has 2 rings (SSSR count). The van der Waals surface area contributed by atoms with Gasteiger partial charge in [0, 0.05) is 17.7 Å². The molecule has 0 spiro atoms. The van der Waals surface area contributed by atoms with Crippen LogP contribution in [0.25, 0.3) is 0 Å². The van der Waals surface area contributed by atoms with Gasteiger partial charge in [0.15, 0.2) is 0 Å². The zero-order valence-electron chi connectivity index (χ0n) is 12.1. The molecule has 1 unspecified atom stereocenters. The first kappa shape index (κ1) is 14.7. The smallest absolute Gasteiger partial charge is 0.251 e. The SMILES string of the molecule is COc1cc(C(=O)NCC(O)C2CC2)cc(OC)c1C. The summed E-state index contributed by atoms with van der Waals surface area (Å²) in [5, 5.41) is 12.5. The van der Waals surface area contributed by atoms with Crippen LogP contribution in [0.15, 0.2) is 12.1 Å². The number of methoxy groups -OCH3 is 2. The molecular formula is C15H21NO4. The molecule has 110 valence electrons. The molecule has 1 aliphatic rings. The van der Waals surface area contributed by atoms with Crippen LogP contribution in [-0.4, -0.2) is 37.9 Å². The normalized spacial score (nSPS) is 15.6. The number of rotatable bonds is 6. The largest absolute Gasteiger partial charge is 0.496 e. The summed E-state index contributed by atoms with van der Waals surface area (Å²) in [5.41, 5.74) is 1.32. The van der Waals surface area contributed by atoms with Crippen molar-refractivity contribution in [2.24, 2.45) is 5.92 Å². The van der Waals surface area contributed by atoms with Gasteiger partial charge in [-0.1, -0.05) is 0 Å².